The lowest BCUT2D eigenvalue weighted by molar-refractivity contribution is 1.18. The van der Waals surface area contributed by atoms with Gasteiger partial charge in [0.15, 0.2) is 0 Å². The molecule has 0 bridgehead atoms. The van der Waals surface area contributed by atoms with Crippen molar-refractivity contribution < 1.29 is 0 Å². The van der Waals surface area contributed by atoms with Crippen LogP contribution in [0, 0.1) is 0 Å². The highest BCUT2D eigenvalue weighted by Crippen LogP contribution is 2.42. The smallest absolute Gasteiger partial charge is 0.0541 e. The van der Waals surface area contributed by atoms with Crippen LogP contribution in [0.4, 0.5) is 0 Å². The summed E-state index contributed by atoms with van der Waals surface area (Å²) in [5.41, 5.74) is 8.67. The van der Waals surface area contributed by atoms with Gasteiger partial charge >= 0.3 is 0 Å². The molecule has 1 aromatic heterocycles. The van der Waals surface area contributed by atoms with Crippen LogP contribution in [0.5, 0.6) is 0 Å². The predicted octanol–water partition coefficient (Wildman–Crippen LogP) is 11.8. The van der Waals surface area contributed by atoms with Crippen LogP contribution in [-0.4, -0.2) is 4.57 Å². The molecular formula is C42H29N. The normalized spacial score (nSPS) is 11.4. The van der Waals surface area contributed by atoms with E-state index < -0.39 is 0 Å². The number of nitrogens with zero attached hydrogens (tertiary/aromatic N) is 1. The molecule has 0 saturated heterocycles. The Morgan fingerprint density at radius 3 is 1.47 bits per heavy atom. The molecule has 0 aliphatic heterocycles. The average molecular weight is 548 g/mol. The molecule has 9 aromatic rings. The number of para-hydroxylation sites is 2. The zero-order valence-electron chi connectivity index (χ0n) is 23.8. The summed E-state index contributed by atoms with van der Waals surface area (Å²) in [6.07, 6.45) is 0. The van der Waals surface area contributed by atoms with E-state index in [4.69, 9.17) is 0 Å². The van der Waals surface area contributed by atoms with Gasteiger partial charge in [-0.3, -0.25) is 0 Å². The third kappa shape index (κ3) is 3.79. The van der Waals surface area contributed by atoms with Gasteiger partial charge in [-0.05, 0) is 78.8 Å². The molecule has 202 valence electrons. The van der Waals surface area contributed by atoms with Gasteiger partial charge in [-0.2, -0.15) is 0 Å². The number of hydrogen-bond donors (Lipinski definition) is 0. The third-order valence-corrected chi connectivity index (χ3v) is 8.74. The van der Waals surface area contributed by atoms with E-state index in [0.29, 0.717) is 0 Å². The van der Waals surface area contributed by atoms with Gasteiger partial charge in [0.05, 0.1) is 11.0 Å². The van der Waals surface area contributed by atoms with E-state index in [1.807, 2.05) is 0 Å². The van der Waals surface area contributed by atoms with Crippen LogP contribution in [0.2, 0.25) is 0 Å². The molecule has 0 unspecified atom stereocenters. The van der Waals surface area contributed by atoms with Crippen molar-refractivity contribution in [1.29, 1.82) is 0 Å². The van der Waals surface area contributed by atoms with Gasteiger partial charge in [-0.1, -0.05) is 127 Å². The summed E-state index contributed by atoms with van der Waals surface area (Å²) in [4.78, 5) is 0. The Hall–Kier alpha value is -5.66. The molecule has 0 radical (unpaired) electrons. The molecule has 0 aliphatic rings. The lowest BCUT2D eigenvalue weighted by Crippen LogP contribution is -1.94. The van der Waals surface area contributed by atoms with Crippen molar-refractivity contribution in [3.63, 3.8) is 0 Å². The fraction of sp³-hybridized carbons (Fsp3) is 0. The number of fused-ring (bicyclic) bond motifs is 3. The Bertz CT molecular complexity index is 2370. The largest absolute Gasteiger partial charge is 0.309 e. The highest BCUT2D eigenvalue weighted by molar-refractivity contribution is 6.27. The summed E-state index contributed by atoms with van der Waals surface area (Å²) in [5, 5.41) is 10.4. The van der Waals surface area contributed by atoms with Gasteiger partial charge in [0.2, 0.25) is 0 Å². The van der Waals surface area contributed by atoms with Gasteiger partial charge in [0, 0.05) is 16.5 Å². The van der Waals surface area contributed by atoms with E-state index in [1.54, 1.807) is 0 Å². The minimum Gasteiger partial charge on any atom is -0.309 e. The third-order valence-electron chi connectivity index (χ3n) is 8.74. The summed E-state index contributed by atoms with van der Waals surface area (Å²) >= 11 is 0. The van der Waals surface area contributed by atoms with Gasteiger partial charge in [0.1, 0.15) is 0 Å². The maximum absolute atomic E-state index is 3.00. The topological polar surface area (TPSA) is 4.93 Å². The molecule has 1 heterocycles. The molecule has 0 aliphatic carbocycles. The lowest BCUT2D eigenvalue weighted by atomic mass is 9.87. The molecule has 0 spiro atoms. The van der Waals surface area contributed by atoms with Crippen molar-refractivity contribution in [3.8, 4) is 27.9 Å². The van der Waals surface area contributed by atoms with Crippen LogP contribution in [-0.2, 0) is 0 Å². The van der Waals surface area contributed by atoms with Crippen LogP contribution < -0.4 is 0 Å². The molecule has 43 heavy (non-hydrogen) atoms. The van der Waals surface area contributed by atoms with Gasteiger partial charge in [0.25, 0.3) is 0 Å². The van der Waals surface area contributed by atoms with Crippen molar-refractivity contribution in [2.75, 3.05) is 0 Å². The Balaban J connectivity index is 0.00000136. The van der Waals surface area contributed by atoms with E-state index in [0.717, 1.165) is 0 Å². The quantitative estimate of drug-likeness (QED) is 0.153. The fourth-order valence-electron chi connectivity index (χ4n) is 6.94. The molecule has 9 rings (SSSR count). The van der Waals surface area contributed by atoms with Crippen molar-refractivity contribution in [1.82, 2.24) is 4.57 Å². The summed E-state index contributed by atoms with van der Waals surface area (Å²) in [5.74, 6) is 0. The Morgan fingerprint density at radius 1 is 0.372 bits per heavy atom. The Morgan fingerprint density at radius 2 is 0.860 bits per heavy atom. The summed E-state index contributed by atoms with van der Waals surface area (Å²) in [7, 11) is 0. The van der Waals surface area contributed by atoms with Crippen molar-refractivity contribution in [2.24, 2.45) is 0 Å². The first-order valence-electron chi connectivity index (χ1n) is 14.7. The van der Waals surface area contributed by atoms with Gasteiger partial charge in [-0.15, -0.1) is 13.2 Å². The van der Waals surface area contributed by atoms with Crippen LogP contribution in [0.15, 0.2) is 165 Å². The van der Waals surface area contributed by atoms with Crippen LogP contribution in [0.25, 0.3) is 82.1 Å². The van der Waals surface area contributed by atoms with E-state index in [2.05, 4.69) is 169 Å². The minimum absolute atomic E-state index is 1.18. The Labute approximate surface area is 250 Å². The maximum atomic E-state index is 3.00. The maximum Gasteiger partial charge on any atom is 0.0541 e. The SMILES string of the molecule is C=C.c1ccc(-c2ccc3ccc4c(-c5cccc(-n6c7ccccc7c7ccccc76)c5)ccc5ccc2c3c54)cc1. The first-order valence-corrected chi connectivity index (χ1v) is 14.7. The molecule has 1 heteroatoms. The van der Waals surface area contributed by atoms with E-state index in [-0.39, 0.29) is 0 Å². The highest BCUT2D eigenvalue weighted by Gasteiger charge is 2.16. The monoisotopic (exact) mass is 547 g/mol. The standard InChI is InChI=1S/C40H25N.C2H4/c1-2-9-26(10-3-1)31-21-17-27-20-24-36-32(22-18-28-19-23-35(31)39(27)40(28)36)29-11-8-12-30(25-29)41-37-15-6-4-13-33(37)34-14-5-7-16-38(34)41;1-2/h1-25H;1-2H2. The number of hydrogen-bond acceptors (Lipinski definition) is 0. The number of rotatable bonds is 3. The molecule has 8 aromatic carbocycles. The second-order valence-corrected chi connectivity index (χ2v) is 10.9. The highest BCUT2D eigenvalue weighted by atomic mass is 15.0. The summed E-state index contributed by atoms with van der Waals surface area (Å²) in [6, 6.07) is 55.5. The van der Waals surface area contributed by atoms with Gasteiger partial charge < -0.3 is 4.57 Å². The molecule has 1 nitrogen and oxygen atoms in total. The van der Waals surface area contributed by atoms with E-state index >= 15 is 0 Å². The first-order chi connectivity index (χ1) is 21.3. The zero-order valence-corrected chi connectivity index (χ0v) is 23.8. The van der Waals surface area contributed by atoms with E-state index in [9.17, 15) is 0 Å². The molecule has 0 atom stereocenters. The van der Waals surface area contributed by atoms with Crippen LogP contribution in [0.3, 0.4) is 0 Å². The molecule has 0 amide bonds. The molecular weight excluding hydrogens is 518 g/mol. The van der Waals surface area contributed by atoms with Crippen LogP contribution in [0.1, 0.15) is 0 Å². The lowest BCUT2D eigenvalue weighted by Gasteiger charge is -2.17. The number of benzene rings is 8. The Kier molecular flexibility index (Phi) is 5.84. The minimum atomic E-state index is 1.18. The average Bonchev–Trinajstić information content (AvgIpc) is 3.43. The molecule has 0 saturated carbocycles. The van der Waals surface area contributed by atoms with Crippen molar-refractivity contribution in [3.05, 3.63) is 165 Å². The second kappa shape index (κ2) is 10.0. The first kappa shape index (κ1) is 25.1. The van der Waals surface area contributed by atoms with Crippen molar-refractivity contribution in [2.45, 2.75) is 0 Å². The van der Waals surface area contributed by atoms with Crippen molar-refractivity contribution >= 4 is 54.1 Å². The van der Waals surface area contributed by atoms with Gasteiger partial charge in [-0.25, -0.2) is 0 Å². The molecule has 0 fully saturated rings. The molecule has 0 N–H and O–H groups in total. The fourth-order valence-corrected chi connectivity index (χ4v) is 6.94. The van der Waals surface area contributed by atoms with E-state index in [1.165, 1.54) is 82.1 Å². The second-order valence-electron chi connectivity index (χ2n) is 10.9. The summed E-state index contributed by atoms with van der Waals surface area (Å²) in [6.45, 7) is 6.00. The zero-order chi connectivity index (χ0) is 28.9. The predicted molar refractivity (Wildman–Crippen MR) is 187 cm³/mol. The van der Waals surface area contributed by atoms with Crippen LogP contribution >= 0.6 is 0 Å². The summed E-state index contributed by atoms with van der Waals surface area (Å²) < 4.78 is 2.40. The number of aromatic nitrogens is 1.